The minimum atomic E-state index is 0.587. The van der Waals surface area contributed by atoms with Crippen molar-refractivity contribution in [3.05, 3.63) is 29.2 Å². The lowest BCUT2D eigenvalue weighted by atomic mass is 9.85. The second kappa shape index (κ2) is 7.91. The molecule has 4 rings (SSSR count). The van der Waals surface area contributed by atoms with Gasteiger partial charge >= 0.3 is 0 Å². The minimum Gasteiger partial charge on any atom is -0.426 e. The van der Waals surface area contributed by atoms with E-state index < -0.39 is 0 Å². The summed E-state index contributed by atoms with van der Waals surface area (Å²) >= 11 is 0. The van der Waals surface area contributed by atoms with Crippen LogP contribution in [-0.4, -0.2) is 26.0 Å². The molecule has 2 fully saturated rings. The highest BCUT2D eigenvalue weighted by atomic mass is 16.4. The molecule has 2 atom stereocenters. The van der Waals surface area contributed by atoms with Gasteiger partial charge in [0.05, 0.1) is 5.69 Å². The molecule has 0 radical (unpaired) electrons. The van der Waals surface area contributed by atoms with Crippen molar-refractivity contribution in [1.82, 2.24) is 25.3 Å². The third-order valence-electron chi connectivity index (χ3n) is 6.08. The third-order valence-corrected chi connectivity index (χ3v) is 6.08. The van der Waals surface area contributed by atoms with Crippen molar-refractivity contribution < 1.29 is 4.42 Å². The predicted octanol–water partition coefficient (Wildman–Crippen LogP) is 3.66. The summed E-state index contributed by atoms with van der Waals surface area (Å²) in [4.78, 5) is 0. The van der Waals surface area contributed by atoms with E-state index in [4.69, 9.17) is 9.52 Å². The van der Waals surface area contributed by atoms with Crippen molar-refractivity contribution in [2.75, 3.05) is 0 Å². The summed E-state index contributed by atoms with van der Waals surface area (Å²) < 4.78 is 7.54. The lowest BCUT2D eigenvalue weighted by Gasteiger charge is -2.21. The molecule has 6 nitrogen and oxygen atoms in total. The van der Waals surface area contributed by atoms with Crippen LogP contribution in [0.4, 0.5) is 0 Å². The van der Waals surface area contributed by atoms with Gasteiger partial charge in [0.25, 0.3) is 0 Å². The minimum absolute atomic E-state index is 0.587. The largest absolute Gasteiger partial charge is 0.426 e. The zero-order chi connectivity index (χ0) is 17.9. The molecule has 0 spiro atoms. The molecule has 142 valence electrons. The van der Waals surface area contributed by atoms with Crippen molar-refractivity contribution in [2.24, 2.45) is 13.0 Å². The van der Waals surface area contributed by atoms with E-state index in [-0.39, 0.29) is 0 Å². The van der Waals surface area contributed by atoms with Crippen molar-refractivity contribution in [3.63, 3.8) is 0 Å². The summed E-state index contributed by atoms with van der Waals surface area (Å²) in [5.41, 5.74) is 2.74. The summed E-state index contributed by atoms with van der Waals surface area (Å²) in [6, 6.07) is 0.587. The lowest BCUT2D eigenvalue weighted by molar-refractivity contribution is 0.408. The van der Waals surface area contributed by atoms with E-state index >= 15 is 0 Å². The van der Waals surface area contributed by atoms with Crippen LogP contribution >= 0.6 is 0 Å². The van der Waals surface area contributed by atoms with Gasteiger partial charge in [-0.2, -0.15) is 5.10 Å². The molecule has 2 aliphatic carbocycles. The van der Waals surface area contributed by atoms with Crippen LogP contribution in [0.2, 0.25) is 0 Å². The number of nitrogens with zero attached hydrogens (tertiary/aromatic N) is 4. The van der Waals surface area contributed by atoms with Crippen LogP contribution in [0, 0.1) is 12.8 Å². The van der Waals surface area contributed by atoms with E-state index in [0.29, 0.717) is 23.8 Å². The molecule has 2 aromatic rings. The summed E-state index contributed by atoms with van der Waals surface area (Å²) in [5.74, 6) is 2.78. The van der Waals surface area contributed by atoms with Crippen molar-refractivity contribution >= 4 is 0 Å². The normalized spacial score (nSPS) is 24.4. The van der Waals surface area contributed by atoms with Crippen molar-refractivity contribution in [2.45, 2.75) is 83.2 Å². The Morgan fingerprint density at radius 2 is 2.00 bits per heavy atom. The van der Waals surface area contributed by atoms with Gasteiger partial charge in [0.2, 0.25) is 11.8 Å². The second-order valence-electron chi connectivity index (χ2n) is 8.22. The topological polar surface area (TPSA) is 68.8 Å². The van der Waals surface area contributed by atoms with E-state index in [9.17, 15) is 0 Å². The number of aryl methyl sites for hydroxylation is 2. The molecular formula is C20H31N5O. The number of rotatable bonds is 6. The van der Waals surface area contributed by atoms with Crippen LogP contribution in [0.3, 0.4) is 0 Å². The first-order chi connectivity index (χ1) is 12.7. The molecular weight excluding hydrogens is 326 g/mol. The predicted molar refractivity (Wildman–Crippen MR) is 99.7 cm³/mol. The maximum atomic E-state index is 5.54. The summed E-state index contributed by atoms with van der Waals surface area (Å²) in [5, 5.41) is 16.7. The Kier molecular flexibility index (Phi) is 5.38. The molecule has 6 heteroatoms. The molecule has 2 aromatic heterocycles. The van der Waals surface area contributed by atoms with E-state index in [1.54, 1.807) is 0 Å². The second-order valence-corrected chi connectivity index (χ2v) is 8.22. The van der Waals surface area contributed by atoms with E-state index in [1.807, 2.05) is 18.7 Å². The molecule has 2 saturated carbocycles. The van der Waals surface area contributed by atoms with Crippen LogP contribution in [0.5, 0.6) is 0 Å². The van der Waals surface area contributed by atoms with Gasteiger partial charge in [-0.25, -0.2) is 0 Å². The highest BCUT2D eigenvalue weighted by Gasteiger charge is 2.27. The van der Waals surface area contributed by atoms with Gasteiger partial charge in [-0.1, -0.05) is 19.3 Å². The Bertz CT molecular complexity index is 716. The van der Waals surface area contributed by atoms with Gasteiger partial charge < -0.3 is 9.73 Å². The highest BCUT2D eigenvalue weighted by Crippen LogP contribution is 2.34. The number of aromatic nitrogens is 4. The number of hydrogen-bond acceptors (Lipinski definition) is 5. The summed E-state index contributed by atoms with van der Waals surface area (Å²) in [7, 11) is 2.05. The first kappa shape index (κ1) is 17.7. The smallest absolute Gasteiger partial charge is 0.216 e. The maximum absolute atomic E-state index is 5.54. The molecule has 0 aliphatic heterocycles. The Balaban J connectivity index is 1.30. The first-order valence-corrected chi connectivity index (χ1v) is 10.2. The average Bonchev–Trinajstić information content (AvgIpc) is 3.35. The van der Waals surface area contributed by atoms with Gasteiger partial charge in [0.1, 0.15) is 0 Å². The van der Waals surface area contributed by atoms with Crippen molar-refractivity contribution in [1.29, 1.82) is 0 Å². The fraction of sp³-hybridized carbons (Fsp3) is 0.750. The Labute approximate surface area is 155 Å². The lowest BCUT2D eigenvalue weighted by Crippen LogP contribution is -2.26. The van der Waals surface area contributed by atoms with E-state index in [2.05, 4.69) is 21.7 Å². The highest BCUT2D eigenvalue weighted by molar-refractivity contribution is 5.21. The third kappa shape index (κ3) is 4.17. The molecule has 26 heavy (non-hydrogen) atoms. The fourth-order valence-electron chi connectivity index (χ4n) is 4.78. The molecule has 0 saturated heterocycles. The number of nitrogens with one attached hydrogen (secondary N) is 1. The van der Waals surface area contributed by atoms with Gasteiger partial charge in [-0.3, -0.25) is 4.68 Å². The van der Waals surface area contributed by atoms with Crippen LogP contribution in [-0.2, 0) is 20.0 Å². The summed E-state index contributed by atoms with van der Waals surface area (Å²) in [6.07, 6.45) is 13.5. The maximum Gasteiger partial charge on any atom is 0.216 e. The molecule has 0 unspecified atom stereocenters. The van der Waals surface area contributed by atoms with Crippen molar-refractivity contribution in [3.8, 4) is 0 Å². The van der Waals surface area contributed by atoms with Crippen LogP contribution in [0.15, 0.2) is 10.6 Å². The molecule has 2 heterocycles. The molecule has 2 aliphatic rings. The van der Waals surface area contributed by atoms with E-state index in [0.717, 1.165) is 18.9 Å². The summed E-state index contributed by atoms with van der Waals surface area (Å²) in [6.45, 7) is 2.80. The average molecular weight is 358 g/mol. The number of hydrogen-bond donors (Lipinski definition) is 1. The molecule has 0 aromatic carbocycles. The molecule has 0 amide bonds. The Morgan fingerprint density at radius 1 is 1.15 bits per heavy atom. The Morgan fingerprint density at radius 3 is 2.77 bits per heavy atom. The quantitative estimate of drug-likeness (QED) is 0.854. The van der Waals surface area contributed by atoms with Gasteiger partial charge in [-0.15, -0.1) is 10.2 Å². The van der Waals surface area contributed by atoms with Crippen LogP contribution in [0.25, 0.3) is 0 Å². The molecule has 0 bridgehead atoms. The fourth-order valence-corrected chi connectivity index (χ4v) is 4.78. The zero-order valence-corrected chi connectivity index (χ0v) is 16.1. The van der Waals surface area contributed by atoms with E-state index in [1.165, 1.54) is 62.6 Å². The van der Waals surface area contributed by atoms with Crippen LogP contribution < -0.4 is 5.32 Å². The Hall–Kier alpha value is -1.69. The van der Waals surface area contributed by atoms with Gasteiger partial charge in [0.15, 0.2) is 0 Å². The monoisotopic (exact) mass is 357 g/mol. The SMILES string of the molecule is Cc1nnc(C[C@@H]2CC[C@H](NCc3cn(C)nc3C3CCCCC3)C2)o1. The zero-order valence-electron chi connectivity index (χ0n) is 16.1. The van der Waals surface area contributed by atoms with Gasteiger partial charge in [-0.05, 0) is 38.0 Å². The van der Waals surface area contributed by atoms with Gasteiger partial charge in [0, 0.05) is 50.7 Å². The standard InChI is InChI=1S/C20H31N5O/c1-14-22-23-19(26-14)11-15-8-9-18(10-15)21-12-17-13-25(2)24-20(17)16-6-4-3-5-7-16/h13,15-16,18,21H,3-12H2,1-2H3/t15-,18+/m1/s1. The molecule has 1 N–H and O–H groups in total. The van der Waals surface area contributed by atoms with Crippen LogP contribution in [0.1, 0.15) is 80.3 Å². The first-order valence-electron chi connectivity index (χ1n) is 10.2.